The molecule has 0 saturated heterocycles. The van der Waals surface area contributed by atoms with Gasteiger partial charge in [-0.25, -0.2) is 8.78 Å². The van der Waals surface area contributed by atoms with E-state index in [2.05, 4.69) is 22.1 Å². The van der Waals surface area contributed by atoms with Crippen molar-refractivity contribution in [3.63, 3.8) is 0 Å². The number of hydrogen-bond acceptors (Lipinski definition) is 6. The van der Waals surface area contributed by atoms with Crippen molar-refractivity contribution in [2.75, 3.05) is 10.7 Å². The van der Waals surface area contributed by atoms with Crippen molar-refractivity contribution in [3.8, 4) is 17.1 Å². The Balaban J connectivity index is 1.90. The molecule has 32 heavy (non-hydrogen) atoms. The van der Waals surface area contributed by atoms with E-state index in [0.717, 1.165) is 36.8 Å². The number of fused-ring (bicyclic) bond motifs is 3. The number of anilines is 1. The molecular formula is C23H22F2N4O2S. The number of rotatable bonds is 6. The Kier molecular flexibility index (Phi) is 6.64. The van der Waals surface area contributed by atoms with Crippen molar-refractivity contribution in [2.24, 2.45) is 0 Å². The zero-order valence-electron chi connectivity index (χ0n) is 17.7. The lowest BCUT2D eigenvalue weighted by atomic mass is 10.1. The standard InChI is InChI=1S/C23H22F2N4O2S/c1-3-5-12-32-23-26-21-20(27-28-23)15-8-6-7-9-18(15)29(19(30)4-2)22(31-21)16-13-14(24)10-11-17(16)25/h6-11,13,22H,3-5,12H2,1-2H3/t22-/m0/s1. The highest BCUT2D eigenvalue weighted by atomic mass is 32.2. The van der Waals surface area contributed by atoms with Crippen LogP contribution in [0.2, 0.25) is 0 Å². The number of carbonyl (C=O) groups is 1. The van der Waals surface area contributed by atoms with E-state index in [1.165, 1.54) is 16.7 Å². The summed E-state index contributed by atoms with van der Waals surface area (Å²) in [5.74, 6) is -0.708. The second-order valence-corrected chi connectivity index (χ2v) is 8.28. The molecule has 1 aliphatic rings. The van der Waals surface area contributed by atoms with Gasteiger partial charge < -0.3 is 4.74 Å². The quantitative estimate of drug-likeness (QED) is 0.358. The fraction of sp³-hybridized carbons (Fsp3) is 0.304. The van der Waals surface area contributed by atoms with Gasteiger partial charge in [0.1, 0.15) is 11.6 Å². The largest absolute Gasteiger partial charge is 0.447 e. The summed E-state index contributed by atoms with van der Waals surface area (Å²) in [6.45, 7) is 3.79. The molecule has 166 valence electrons. The third-order valence-corrected chi connectivity index (χ3v) is 5.96. The fourth-order valence-corrected chi connectivity index (χ4v) is 4.29. The zero-order chi connectivity index (χ0) is 22.7. The third-order valence-electron chi connectivity index (χ3n) is 5.04. The molecule has 4 rings (SSSR count). The van der Waals surface area contributed by atoms with Gasteiger partial charge in [-0.15, -0.1) is 10.2 Å². The molecule has 6 nitrogen and oxygen atoms in total. The molecule has 0 radical (unpaired) electrons. The summed E-state index contributed by atoms with van der Waals surface area (Å²) < 4.78 is 35.0. The van der Waals surface area contributed by atoms with Gasteiger partial charge in [0, 0.05) is 17.7 Å². The predicted octanol–water partition coefficient (Wildman–Crippen LogP) is 5.54. The zero-order valence-corrected chi connectivity index (χ0v) is 18.5. The first-order chi connectivity index (χ1) is 15.5. The second kappa shape index (κ2) is 9.60. The van der Waals surface area contributed by atoms with Crippen LogP contribution in [0, 0.1) is 11.6 Å². The maximum Gasteiger partial charge on any atom is 0.247 e. The molecule has 3 aromatic rings. The van der Waals surface area contributed by atoms with Gasteiger partial charge in [0.15, 0.2) is 5.69 Å². The molecular weight excluding hydrogens is 434 g/mol. The van der Waals surface area contributed by atoms with Gasteiger partial charge in [0.05, 0.1) is 11.3 Å². The van der Waals surface area contributed by atoms with Gasteiger partial charge in [0.2, 0.25) is 23.2 Å². The Morgan fingerprint density at radius 3 is 2.75 bits per heavy atom. The lowest BCUT2D eigenvalue weighted by Gasteiger charge is -2.30. The molecule has 9 heteroatoms. The highest BCUT2D eigenvalue weighted by molar-refractivity contribution is 7.99. The van der Waals surface area contributed by atoms with Gasteiger partial charge in [-0.2, -0.15) is 4.98 Å². The molecule has 1 aliphatic heterocycles. The first-order valence-corrected chi connectivity index (χ1v) is 11.4. The molecule has 0 unspecified atom stereocenters. The van der Waals surface area contributed by atoms with E-state index in [0.29, 0.717) is 22.1 Å². The normalized spacial score (nSPS) is 14.9. The van der Waals surface area contributed by atoms with Crippen LogP contribution < -0.4 is 9.64 Å². The van der Waals surface area contributed by atoms with Crippen LogP contribution in [0.4, 0.5) is 14.5 Å². The van der Waals surface area contributed by atoms with Crippen molar-refractivity contribution in [2.45, 2.75) is 44.5 Å². The molecule has 0 bridgehead atoms. The minimum atomic E-state index is -1.26. The maximum atomic E-state index is 14.8. The van der Waals surface area contributed by atoms with Crippen LogP contribution in [0.5, 0.6) is 5.88 Å². The number of hydrogen-bond donors (Lipinski definition) is 0. The highest BCUT2D eigenvalue weighted by Crippen LogP contribution is 2.44. The molecule has 1 atom stereocenters. The number of amides is 1. The molecule has 2 aromatic carbocycles. The van der Waals surface area contributed by atoms with E-state index in [1.54, 1.807) is 31.2 Å². The molecule has 0 fully saturated rings. The van der Waals surface area contributed by atoms with E-state index >= 15 is 0 Å². The number of ether oxygens (including phenoxy) is 1. The molecule has 2 heterocycles. The van der Waals surface area contributed by atoms with Crippen molar-refractivity contribution < 1.29 is 18.3 Å². The Labute approximate surface area is 189 Å². The van der Waals surface area contributed by atoms with Crippen LogP contribution in [0.3, 0.4) is 0 Å². The summed E-state index contributed by atoms with van der Waals surface area (Å²) in [5, 5.41) is 8.95. The SMILES string of the molecule is CCCCSc1nnc2c(n1)O[C@@H](c1cc(F)ccc1F)N(C(=O)CC)c1ccccc1-2. The first-order valence-electron chi connectivity index (χ1n) is 10.4. The van der Waals surface area contributed by atoms with Gasteiger partial charge in [-0.3, -0.25) is 9.69 Å². The summed E-state index contributed by atoms with van der Waals surface area (Å²) >= 11 is 1.44. The van der Waals surface area contributed by atoms with Crippen LogP contribution in [0.15, 0.2) is 47.6 Å². The number of benzene rings is 2. The van der Waals surface area contributed by atoms with Gasteiger partial charge >= 0.3 is 0 Å². The summed E-state index contributed by atoms with van der Waals surface area (Å²) in [4.78, 5) is 18.9. The number of para-hydroxylation sites is 1. The number of nitrogens with zero attached hydrogens (tertiary/aromatic N) is 4. The summed E-state index contributed by atoms with van der Waals surface area (Å²) in [5.41, 5.74) is 1.28. The molecule has 0 saturated carbocycles. The third kappa shape index (κ3) is 4.29. The van der Waals surface area contributed by atoms with E-state index in [4.69, 9.17) is 4.74 Å². The fourth-order valence-electron chi connectivity index (χ4n) is 3.43. The Bertz CT molecular complexity index is 1140. The number of aromatic nitrogens is 3. The summed E-state index contributed by atoms with van der Waals surface area (Å²) in [6.07, 6.45) is 0.902. The average Bonchev–Trinajstić information content (AvgIpc) is 2.94. The van der Waals surface area contributed by atoms with Crippen molar-refractivity contribution >= 4 is 23.4 Å². The minimum absolute atomic E-state index is 0.103. The Hall–Kier alpha value is -3.07. The number of unbranched alkanes of at least 4 members (excludes halogenated alkanes) is 1. The van der Waals surface area contributed by atoms with E-state index in [-0.39, 0.29) is 23.8 Å². The lowest BCUT2D eigenvalue weighted by Crippen LogP contribution is -2.37. The Morgan fingerprint density at radius 2 is 1.97 bits per heavy atom. The van der Waals surface area contributed by atoms with Crippen LogP contribution in [-0.4, -0.2) is 26.8 Å². The smallest absolute Gasteiger partial charge is 0.247 e. The molecule has 0 N–H and O–H groups in total. The average molecular weight is 457 g/mol. The van der Waals surface area contributed by atoms with Gasteiger partial charge in [0.25, 0.3) is 0 Å². The number of carbonyl (C=O) groups excluding carboxylic acids is 1. The van der Waals surface area contributed by atoms with Gasteiger partial charge in [-0.1, -0.05) is 50.2 Å². The van der Waals surface area contributed by atoms with E-state index < -0.39 is 17.9 Å². The number of thioether (sulfide) groups is 1. The van der Waals surface area contributed by atoms with Crippen LogP contribution in [0.25, 0.3) is 11.3 Å². The lowest BCUT2D eigenvalue weighted by molar-refractivity contribution is -0.120. The summed E-state index contributed by atoms with van der Waals surface area (Å²) in [7, 11) is 0. The van der Waals surface area contributed by atoms with Crippen LogP contribution in [0.1, 0.15) is 44.9 Å². The molecule has 1 amide bonds. The number of halogens is 2. The minimum Gasteiger partial charge on any atom is -0.447 e. The molecule has 0 spiro atoms. The Morgan fingerprint density at radius 1 is 1.16 bits per heavy atom. The maximum absolute atomic E-state index is 14.8. The highest BCUT2D eigenvalue weighted by Gasteiger charge is 2.36. The molecule has 0 aliphatic carbocycles. The van der Waals surface area contributed by atoms with Crippen molar-refractivity contribution in [1.29, 1.82) is 0 Å². The van der Waals surface area contributed by atoms with Crippen molar-refractivity contribution in [3.05, 3.63) is 59.7 Å². The van der Waals surface area contributed by atoms with Gasteiger partial charge in [-0.05, 0) is 30.7 Å². The predicted molar refractivity (Wildman–Crippen MR) is 118 cm³/mol. The first kappa shape index (κ1) is 22.1. The summed E-state index contributed by atoms with van der Waals surface area (Å²) in [6, 6.07) is 10.1. The van der Waals surface area contributed by atoms with E-state index in [1.807, 2.05) is 0 Å². The second-order valence-electron chi connectivity index (χ2n) is 7.22. The topological polar surface area (TPSA) is 68.2 Å². The van der Waals surface area contributed by atoms with E-state index in [9.17, 15) is 13.6 Å². The van der Waals surface area contributed by atoms with Crippen LogP contribution in [-0.2, 0) is 4.79 Å². The van der Waals surface area contributed by atoms with Crippen LogP contribution >= 0.6 is 11.8 Å². The monoisotopic (exact) mass is 456 g/mol. The molecule has 1 aromatic heterocycles. The van der Waals surface area contributed by atoms with Crippen molar-refractivity contribution in [1.82, 2.24) is 15.2 Å².